The molecule has 0 aliphatic rings. The average molecular weight is 335 g/mol. The zero-order valence-electron chi connectivity index (χ0n) is 14.4. The molecular formula is C20H21N3O2. The molecule has 3 aromatic rings. The Kier molecular flexibility index (Phi) is 5.14. The van der Waals surface area contributed by atoms with Gasteiger partial charge in [-0.25, -0.2) is 4.68 Å². The molecule has 5 heteroatoms. The van der Waals surface area contributed by atoms with E-state index in [4.69, 9.17) is 4.74 Å². The number of hydrogen-bond donors (Lipinski definition) is 1. The van der Waals surface area contributed by atoms with E-state index in [9.17, 15) is 4.79 Å². The Morgan fingerprint density at radius 2 is 1.92 bits per heavy atom. The Labute approximate surface area is 147 Å². The number of hydrogen-bond acceptors (Lipinski definition) is 3. The fourth-order valence-electron chi connectivity index (χ4n) is 2.45. The molecule has 0 atom stereocenters. The van der Waals surface area contributed by atoms with E-state index in [1.807, 2.05) is 68.6 Å². The Morgan fingerprint density at radius 1 is 1.12 bits per heavy atom. The van der Waals surface area contributed by atoms with E-state index < -0.39 is 0 Å². The van der Waals surface area contributed by atoms with Crippen LogP contribution >= 0.6 is 0 Å². The first-order valence-electron chi connectivity index (χ1n) is 8.18. The highest BCUT2D eigenvalue weighted by Gasteiger charge is 2.07. The lowest BCUT2D eigenvalue weighted by Crippen LogP contribution is -2.28. The van der Waals surface area contributed by atoms with Crippen molar-refractivity contribution in [2.75, 3.05) is 6.61 Å². The molecule has 0 fully saturated rings. The minimum atomic E-state index is -0.159. The van der Waals surface area contributed by atoms with Crippen molar-refractivity contribution >= 4 is 5.91 Å². The van der Waals surface area contributed by atoms with Crippen LogP contribution in [0.2, 0.25) is 0 Å². The monoisotopic (exact) mass is 335 g/mol. The van der Waals surface area contributed by atoms with Crippen LogP contribution in [0.3, 0.4) is 0 Å². The molecule has 2 aromatic carbocycles. The molecule has 1 amide bonds. The molecular weight excluding hydrogens is 314 g/mol. The third-order valence-corrected chi connectivity index (χ3v) is 4.06. The minimum absolute atomic E-state index is 0.00286. The predicted molar refractivity (Wildman–Crippen MR) is 96.8 cm³/mol. The highest BCUT2D eigenvalue weighted by atomic mass is 16.5. The van der Waals surface area contributed by atoms with Gasteiger partial charge >= 0.3 is 0 Å². The number of para-hydroxylation sites is 1. The van der Waals surface area contributed by atoms with E-state index in [-0.39, 0.29) is 12.5 Å². The molecule has 0 unspecified atom stereocenters. The quantitative estimate of drug-likeness (QED) is 0.753. The molecule has 0 bridgehead atoms. The third kappa shape index (κ3) is 4.26. The number of benzene rings is 2. The van der Waals surface area contributed by atoms with E-state index in [2.05, 4.69) is 10.4 Å². The maximum atomic E-state index is 12.0. The van der Waals surface area contributed by atoms with Crippen molar-refractivity contribution in [2.45, 2.75) is 20.4 Å². The van der Waals surface area contributed by atoms with Crippen LogP contribution in [-0.4, -0.2) is 22.3 Å². The van der Waals surface area contributed by atoms with Gasteiger partial charge in [0.05, 0.1) is 11.9 Å². The Hall–Kier alpha value is -3.08. The van der Waals surface area contributed by atoms with Gasteiger partial charge < -0.3 is 10.1 Å². The summed E-state index contributed by atoms with van der Waals surface area (Å²) < 4.78 is 7.40. The highest BCUT2D eigenvalue weighted by molar-refractivity contribution is 5.77. The van der Waals surface area contributed by atoms with Gasteiger partial charge in [0.25, 0.3) is 5.91 Å². The first-order valence-corrected chi connectivity index (χ1v) is 8.18. The van der Waals surface area contributed by atoms with Crippen molar-refractivity contribution in [3.05, 3.63) is 77.6 Å². The second-order valence-corrected chi connectivity index (χ2v) is 5.89. The zero-order valence-corrected chi connectivity index (χ0v) is 14.4. The lowest BCUT2D eigenvalue weighted by atomic mass is 10.1. The van der Waals surface area contributed by atoms with Crippen molar-refractivity contribution in [1.29, 1.82) is 0 Å². The summed E-state index contributed by atoms with van der Waals surface area (Å²) in [5, 5.41) is 7.16. The number of nitrogens with zero attached hydrogens (tertiary/aromatic N) is 2. The first kappa shape index (κ1) is 16.8. The van der Waals surface area contributed by atoms with Gasteiger partial charge in [0, 0.05) is 18.3 Å². The molecule has 5 nitrogen and oxygen atoms in total. The van der Waals surface area contributed by atoms with Gasteiger partial charge in [0.2, 0.25) is 0 Å². The van der Waals surface area contributed by atoms with Gasteiger partial charge in [0.1, 0.15) is 5.75 Å². The van der Waals surface area contributed by atoms with Crippen molar-refractivity contribution in [2.24, 2.45) is 0 Å². The summed E-state index contributed by atoms with van der Waals surface area (Å²) in [6, 6.07) is 15.7. The van der Waals surface area contributed by atoms with Crippen LogP contribution in [-0.2, 0) is 11.3 Å². The maximum absolute atomic E-state index is 12.0. The smallest absolute Gasteiger partial charge is 0.258 e. The Balaban J connectivity index is 1.51. The van der Waals surface area contributed by atoms with Gasteiger partial charge in [-0.1, -0.05) is 30.3 Å². The molecule has 0 aliphatic heterocycles. The minimum Gasteiger partial charge on any atom is -0.483 e. The number of amides is 1. The number of rotatable bonds is 6. The molecule has 0 saturated carbocycles. The van der Waals surface area contributed by atoms with Crippen LogP contribution in [0.15, 0.2) is 60.9 Å². The molecule has 25 heavy (non-hydrogen) atoms. The lowest BCUT2D eigenvalue weighted by Gasteiger charge is -2.10. The first-order chi connectivity index (χ1) is 12.1. The summed E-state index contributed by atoms with van der Waals surface area (Å²) in [6.45, 7) is 4.42. The van der Waals surface area contributed by atoms with E-state index >= 15 is 0 Å². The van der Waals surface area contributed by atoms with Gasteiger partial charge in [-0.3, -0.25) is 4.79 Å². The van der Waals surface area contributed by atoms with Gasteiger partial charge in [-0.2, -0.15) is 5.10 Å². The predicted octanol–water partition coefficient (Wildman–Crippen LogP) is 3.18. The van der Waals surface area contributed by atoms with Crippen molar-refractivity contribution in [1.82, 2.24) is 15.1 Å². The van der Waals surface area contributed by atoms with Crippen LogP contribution in [0.4, 0.5) is 0 Å². The van der Waals surface area contributed by atoms with Gasteiger partial charge in [0.15, 0.2) is 6.61 Å². The van der Waals surface area contributed by atoms with Crippen LogP contribution in [0.5, 0.6) is 5.75 Å². The number of carbonyl (C=O) groups is 1. The normalized spacial score (nSPS) is 10.5. The van der Waals surface area contributed by atoms with Crippen LogP contribution in [0.25, 0.3) is 5.69 Å². The van der Waals surface area contributed by atoms with Crippen molar-refractivity contribution in [3.8, 4) is 11.4 Å². The summed E-state index contributed by atoms with van der Waals surface area (Å²) in [5.41, 5.74) is 4.12. The van der Waals surface area contributed by atoms with E-state index in [1.54, 1.807) is 10.9 Å². The Bertz CT molecular complexity index is 856. The maximum Gasteiger partial charge on any atom is 0.258 e. The number of aromatic nitrogens is 2. The second kappa shape index (κ2) is 7.66. The Morgan fingerprint density at radius 3 is 2.72 bits per heavy atom. The molecule has 0 radical (unpaired) electrons. The standard InChI is InChI=1S/C20H21N3O2/c1-15-7-6-10-19(16(15)2)25-14-20(24)21-11-17-12-22-23(13-17)18-8-4-3-5-9-18/h3-10,12-13H,11,14H2,1-2H3,(H,21,24). The summed E-state index contributed by atoms with van der Waals surface area (Å²) >= 11 is 0. The summed E-state index contributed by atoms with van der Waals surface area (Å²) in [6.07, 6.45) is 3.65. The molecule has 0 saturated heterocycles. The van der Waals surface area contributed by atoms with Crippen LogP contribution in [0, 0.1) is 13.8 Å². The zero-order chi connectivity index (χ0) is 17.6. The van der Waals surface area contributed by atoms with Crippen LogP contribution < -0.4 is 10.1 Å². The average Bonchev–Trinajstić information content (AvgIpc) is 3.11. The number of carbonyl (C=O) groups excluding carboxylic acids is 1. The lowest BCUT2D eigenvalue weighted by molar-refractivity contribution is -0.123. The summed E-state index contributed by atoms with van der Waals surface area (Å²) in [7, 11) is 0. The molecule has 0 spiro atoms. The summed E-state index contributed by atoms with van der Waals surface area (Å²) in [5.74, 6) is 0.584. The van der Waals surface area contributed by atoms with Crippen molar-refractivity contribution in [3.63, 3.8) is 0 Å². The number of ether oxygens (including phenoxy) is 1. The second-order valence-electron chi connectivity index (χ2n) is 5.89. The molecule has 0 aliphatic carbocycles. The number of aryl methyl sites for hydroxylation is 1. The molecule has 1 N–H and O–H groups in total. The van der Waals surface area contributed by atoms with E-state index in [0.717, 1.165) is 28.1 Å². The van der Waals surface area contributed by atoms with Crippen molar-refractivity contribution < 1.29 is 9.53 Å². The van der Waals surface area contributed by atoms with Gasteiger partial charge in [-0.15, -0.1) is 0 Å². The van der Waals surface area contributed by atoms with E-state index in [0.29, 0.717) is 6.54 Å². The van der Waals surface area contributed by atoms with Gasteiger partial charge in [-0.05, 0) is 43.2 Å². The fourth-order valence-corrected chi connectivity index (χ4v) is 2.45. The van der Waals surface area contributed by atoms with E-state index in [1.165, 1.54) is 0 Å². The highest BCUT2D eigenvalue weighted by Crippen LogP contribution is 2.20. The molecule has 128 valence electrons. The largest absolute Gasteiger partial charge is 0.483 e. The topological polar surface area (TPSA) is 56.1 Å². The molecule has 3 rings (SSSR count). The summed E-state index contributed by atoms with van der Waals surface area (Å²) in [4.78, 5) is 12.0. The number of nitrogens with one attached hydrogen (secondary N) is 1. The SMILES string of the molecule is Cc1cccc(OCC(=O)NCc2cnn(-c3ccccc3)c2)c1C. The van der Waals surface area contributed by atoms with Crippen LogP contribution in [0.1, 0.15) is 16.7 Å². The molecule has 1 aromatic heterocycles. The third-order valence-electron chi connectivity index (χ3n) is 4.06. The fraction of sp³-hybridized carbons (Fsp3) is 0.200. The molecule has 1 heterocycles.